The van der Waals surface area contributed by atoms with E-state index < -0.39 is 0 Å². The van der Waals surface area contributed by atoms with Crippen molar-refractivity contribution in [2.24, 2.45) is 5.92 Å². The summed E-state index contributed by atoms with van der Waals surface area (Å²) < 4.78 is 0. The smallest absolute Gasteiger partial charge is 0.0476 e. The van der Waals surface area contributed by atoms with Crippen molar-refractivity contribution in [1.82, 2.24) is 10.2 Å². The van der Waals surface area contributed by atoms with Crippen LogP contribution < -0.4 is 5.32 Å². The predicted octanol–water partition coefficient (Wildman–Crippen LogP) is 3.55. The second-order valence-corrected chi connectivity index (χ2v) is 7.95. The molecule has 0 aliphatic carbocycles. The van der Waals surface area contributed by atoms with Crippen LogP contribution in [0.2, 0.25) is 0 Å². The van der Waals surface area contributed by atoms with Crippen molar-refractivity contribution in [3.8, 4) is 0 Å². The van der Waals surface area contributed by atoms with Gasteiger partial charge in [-0.2, -0.15) is 11.8 Å². The van der Waals surface area contributed by atoms with Gasteiger partial charge < -0.3 is 5.32 Å². The number of hydrogen-bond acceptors (Lipinski definition) is 3. The highest BCUT2D eigenvalue weighted by molar-refractivity contribution is 7.99. The number of nitrogens with one attached hydrogen (secondary N) is 1. The predicted molar refractivity (Wildman–Crippen MR) is 92.9 cm³/mol. The van der Waals surface area contributed by atoms with Crippen molar-refractivity contribution in [3.05, 3.63) is 35.9 Å². The molecule has 2 fully saturated rings. The molecule has 2 aliphatic rings. The molecule has 0 aromatic heterocycles. The van der Waals surface area contributed by atoms with Gasteiger partial charge in [-0.25, -0.2) is 0 Å². The number of nitrogens with zero attached hydrogens (tertiary/aromatic N) is 1. The molecule has 2 aliphatic heterocycles. The monoisotopic (exact) mass is 304 g/mol. The Labute approximate surface area is 133 Å². The Morgan fingerprint density at radius 2 is 1.86 bits per heavy atom. The van der Waals surface area contributed by atoms with Gasteiger partial charge in [0.05, 0.1) is 0 Å². The van der Waals surface area contributed by atoms with Gasteiger partial charge >= 0.3 is 0 Å². The molecule has 21 heavy (non-hydrogen) atoms. The van der Waals surface area contributed by atoms with Crippen LogP contribution in [-0.2, 0) is 0 Å². The molecule has 3 rings (SSSR count). The van der Waals surface area contributed by atoms with Crippen molar-refractivity contribution >= 4 is 11.8 Å². The second kappa shape index (κ2) is 7.17. The Balaban J connectivity index is 1.80. The van der Waals surface area contributed by atoms with Crippen LogP contribution in [0.4, 0.5) is 0 Å². The lowest BCUT2D eigenvalue weighted by Crippen LogP contribution is -2.57. The first-order valence-corrected chi connectivity index (χ1v) is 9.53. The van der Waals surface area contributed by atoms with Crippen molar-refractivity contribution in [2.75, 3.05) is 24.6 Å². The molecular formula is C18H28N2S. The Morgan fingerprint density at radius 3 is 2.52 bits per heavy atom. The quantitative estimate of drug-likeness (QED) is 0.919. The molecule has 2 nitrogen and oxygen atoms in total. The fourth-order valence-corrected chi connectivity index (χ4v) is 4.73. The van der Waals surface area contributed by atoms with E-state index in [-0.39, 0.29) is 0 Å². The molecule has 2 heterocycles. The normalized spacial score (nSPS) is 28.9. The van der Waals surface area contributed by atoms with E-state index in [0.717, 1.165) is 12.6 Å². The lowest BCUT2D eigenvalue weighted by atomic mass is 9.93. The van der Waals surface area contributed by atoms with Crippen LogP contribution in [0.25, 0.3) is 0 Å². The fourth-order valence-electron chi connectivity index (χ4n) is 3.65. The topological polar surface area (TPSA) is 15.3 Å². The van der Waals surface area contributed by atoms with Gasteiger partial charge in [-0.05, 0) is 35.8 Å². The standard InChI is InChI=1S/C18H28N2S/c1-14(2)17-13-20(16-8-10-21-11-9-16)18(12-19-17)15-6-4-3-5-7-15/h3-7,14,16-19H,8-13H2,1-2H3. The maximum absolute atomic E-state index is 3.79. The lowest BCUT2D eigenvalue weighted by molar-refractivity contribution is 0.0643. The van der Waals surface area contributed by atoms with Crippen LogP contribution >= 0.6 is 11.8 Å². The zero-order valence-electron chi connectivity index (χ0n) is 13.3. The van der Waals surface area contributed by atoms with Crippen molar-refractivity contribution in [1.29, 1.82) is 0 Å². The first-order valence-electron chi connectivity index (χ1n) is 8.37. The highest BCUT2D eigenvalue weighted by Gasteiger charge is 2.35. The minimum atomic E-state index is 0.550. The summed E-state index contributed by atoms with van der Waals surface area (Å²) in [6, 6.07) is 13.0. The molecule has 116 valence electrons. The van der Waals surface area contributed by atoms with Crippen molar-refractivity contribution in [3.63, 3.8) is 0 Å². The van der Waals surface area contributed by atoms with E-state index in [0.29, 0.717) is 18.0 Å². The molecule has 1 N–H and O–H groups in total. The zero-order chi connectivity index (χ0) is 14.7. The third-order valence-corrected chi connectivity index (χ3v) is 6.08. The van der Waals surface area contributed by atoms with E-state index in [9.17, 15) is 0 Å². The average molecular weight is 305 g/mol. The van der Waals surface area contributed by atoms with Crippen molar-refractivity contribution < 1.29 is 0 Å². The molecule has 0 radical (unpaired) electrons. The molecule has 0 saturated carbocycles. The van der Waals surface area contributed by atoms with Crippen LogP contribution in [0.5, 0.6) is 0 Å². The van der Waals surface area contributed by atoms with E-state index in [1.807, 2.05) is 0 Å². The van der Waals surface area contributed by atoms with E-state index in [4.69, 9.17) is 0 Å². The summed E-state index contributed by atoms with van der Waals surface area (Å²) in [5.74, 6) is 3.38. The minimum absolute atomic E-state index is 0.550. The molecule has 0 amide bonds. The van der Waals surface area contributed by atoms with Gasteiger partial charge in [-0.15, -0.1) is 0 Å². The third kappa shape index (κ3) is 3.64. The summed E-state index contributed by atoms with van der Waals surface area (Å²) >= 11 is 2.12. The summed E-state index contributed by atoms with van der Waals surface area (Å²) in [7, 11) is 0. The third-order valence-electron chi connectivity index (χ3n) is 5.03. The lowest BCUT2D eigenvalue weighted by Gasteiger charge is -2.47. The molecule has 0 bridgehead atoms. The summed E-state index contributed by atoms with van der Waals surface area (Å²) in [5.41, 5.74) is 1.48. The maximum Gasteiger partial charge on any atom is 0.0476 e. The van der Waals surface area contributed by atoms with Crippen molar-refractivity contribution in [2.45, 2.75) is 44.8 Å². The van der Waals surface area contributed by atoms with Crippen LogP contribution in [0.3, 0.4) is 0 Å². The van der Waals surface area contributed by atoms with Crippen LogP contribution in [0.15, 0.2) is 30.3 Å². The molecular weight excluding hydrogens is 276 g/mol. The largest absolute Gasteiger partial charge is 0.311 e. The van der Waals surface area contributed by atoms with Gasteiger partial charge in [0.2, 0.25) is 0 Å². The first kappa shape index (κ1) is 15.4. The molecule has 2 atom stereocenters. The molecule has 0 spiro atoms. The van der Waals surface area contributed by atoms with Crippen LogP contribution in [0, 0.1) is 5.92 Å². The van der Waals surface area contributed by atoms with Crippen LogP contribution in [0.1, 0.15) is 38.3 Å². The highest BCUT2D eigenvalue weighted by Crippen LogP contribution is 2.32. The SMILES string of the molecule is CC(C)C1CN(C2CCSCC2)C(c2ccccc2)CN1. The Hall–Kier alpha value is -0.510. The first-order chi connectivity index (χ1) is 10.3. The summed E-state index contributed by atoms with van der Waals surface area (Å²) in [6.07, 6.45) is 2.72. The molecule has 3 heteroatoms. The summed E-state index contributed by atoms with van der Waals surface area (Å²) in [4.78, 5) is 2.82. The number of piperazine rings is 1. The molecule has 2 saturated heterocycles. The zero-order valence-corrected chi connectivity index (χ0v) is 14.1. The van der Waals surface area contributed by atoms with E-state index in [1.54, 1.807) is 0 Å². The molecule has 2 unspecified atom stereocenters. The summed E-state index contributed by atoms with van der Waals surface area (Å²) in [5, 5.41) is 3.79. The van der Waals surface area contributed by atoms with Gasteiger partial charge in [0.15, 0.2) is 0 Å². The fraction of sp³-hybridized carbons (Fsp3) is 0.667. The van der Waals surface area contributed by atoms with Crippen LogP contribution in [-0.4, -0.2) is 41.6 Å². The van der Waals surface area contributed by atoms with Gasteiger partial charge in [0.25, 0.3) is 0 Å². The van der Waals surface area contributed by atoms with Gasteiger partial charge in [0, 0.05) is 31.2 Å². The highest BCUT2D eigenvalue weighted by atomic mass is 32.2. The van der Waals surface area contributed by atoms with E-state index >= 15 is 0 Å². The van der Waals surface area contributed by atoms with Gasteiger partial charge in [0.1, 0.15) is 0 Å². The minimum Gasteiger partial charge on any atom is -0.311 e. The molecule has 1 aromatic carbocycles. The number of hydrogen-bond donors (Lipinski definition) is 1. The summed E-state index contributed by atoms with van der Waals surface area (Å²) in [6.45, 7) is 6.98. The Morgan fingerprint density at radius 1 is 1.14 bits per heavy atom. The second-order valence-electron chi connectivity index (χ2n) is 6.73. The van der Waals surface area contributed by atoms with E-state index in [2.05, 4.69) is 66.2 Å². The van der Waals surface area contributed by atoms with Gasteiger partial charge in [-0.1, -0.05) is 44.2 Å². The van der Waals surface area contributed by atoms with E-state index in [1.165, 1.54) is 36.5 Å². The molecule has 1 aromatic rings. The average Bonchev–Trinajstić information content (AvgIpc) is 2.56. The number of thioether (sulfide) groups is 1. The number of benzene rings is 1. The van der Waals surface area contributed by atoms with Gasteiger partial charge in [-0.3, -0.25) is 4.90 Å². The number of rotatable bonds is 3. The Bertz CT molecular complexity index is 428. The Kier molecular flexibility index (Phi) is 5.25. The maximum atomic E-state index is 3.79.